The van der Waals surface area contributed by atoms with Gasteiger partial charge in [0.15, 0.2) is 0 Å². The topological polar surface area (TPSA) is 64.1 Å². The second-order valence-electron chi connectivity index (χ2n) is 3.81. The number of hydrogen-bond acceptors (Lipinski definition) is 3. The summed E-state index contributed by atoms with van der Waals surface area (Å²) in [5.74, 6) is 0. The predicted molar refractivity (Wildman–Crippen MR) is 49.2 cm³/mol. The van der Waals surface area contributed by atoms with Crippen LogP contribution in [0.15, 0.2) is 12.3 Å². The van der Waals surface area contributed by atoms with E-state index in [1.54, 1.807) is 6.20 Å². The minimum absolute atomic E-state index is 0.0211. The lowest BCUT2D eigenvalue weighted by molar-refractivity contribution is 0.266. The lowest BCUT2D eigenvalue weighted by Gasteiger charge is -2.10. The van der Waals surface area contributed by atoms with E-state index in [-0.39, 0.29) is 12.1 Å². The molecule has 1 aliphatic carbocycles. The molecule has 2 rings (SSSR count). The van der Waals surface area contributed by atoms with Crippen molar-refractivity contribution in [2.45, 2.75) is 31.3 Å². The molecular weight excluding hydrogens is 166 g/mol. The first-order valence-corrected chi connectivity index (χ1v) is 4.64. The molecule has 13 heavy (non-hydrogen) atoms. The van der Waals surface area contributed by atoms with Gasteiger partial charge in [0.2, 0.25) is 0 Å². The molecule has 0 aliphatic heterocycles. The van der Waals surface area contributed by atoms with Crippen molar-refractivity contribution >= 4 is 0 Å². The van der Waals surface area contributed by atoms with Gasteiger partial charge in [-0.25, -0.2) is 0 Å². The lowest BCUT2D eigenvalue weighted by atomic mass is 10.1. The molecule has 0 spiro atoms. The van der Waals surface area contributed by atoms with Crippen molar-refractivity contribution in [2.24, 2.45) is 5.73 Å². The minimum Gasteiger partial charge on any atom is -0.394 e. The molecule has 4 heteroatoms. The van der Waals surface area contributed by atoms with Gasteiger partial charge in [-0.3, -0.25) is 4.68 Å². The quantitative estimate of drug-likeness (QED) is 0.682. The molecule has 1 heterocycles. The first kappa shape index (κ1) is 8.72. The van der Waals surface area contributed by atoms with Crippen LogP contribution in [0.1, 0.15) is 18.5 Å². The lowest BCUT2D eigenvalue weighted by Crippen LogP contribution is -2.26. The van der Waals surface area contributed by atoms with Crippen molar-refractivity contribution in [3.8, 4) is 0 Å². The molecule has 4 nitrogen and oxygen atoms in total. The average molecular weight is 181 g/mol. The number of aliphatic hydroxyl groups excluding tert-OH is 1. The molecule has 0 aromatic carbocycles. The van der Waals surface area contributed by atoms with E-state index in [1.165, 1.54) is 0 Å². The summed E-state index contributed by atoms with van der Waals surface area (Å²) in [6, 6.07) is 1.97. The third-order valence-corrected chi connectivity index (χ3v) is 2.54. The van der Waals surface area contributed by atoms with Crippen molar-refractivity contribution in [3.05, 3.63) is 18.0 Å². The second-order valence-corrected chi connectivity index (χ2v) is 3.81. The Morgan fingerprint density at radius 1 is 1.62 bits per heavy atom. The molecule has 72 valence electrons. The van der Waals surface area contributed by atoms with Crippen molar-refractivity contribution in [1.29, 1.82) is 0 Å². The number of hydrogen-bond donors (Lipinski definition) is 2. The third kappa shape index (κ3) is 1.89. The van der Waals surface area contributed by atoms with Gasteiger partial charge in [-0.1, -0.05) is 0 Å². The van der Waals surface area contributed by atoms with Gasteiger partial charge >= 0.3 is 0 Å². The fourth-order valence-corrected chi connectivity index (χ4v) is 1.50. The maximum absolute atomic E-state index is 8.78. The molecule has 1 aromatic heterocycles. The van der Waals surface area contributed by atoms with Crippen LogP contribution in [0, 0.1) is 0 Å². The smallest absolute Gasteiger partial charge is 0.0643 e. The molecule has 0 saturated heterocycles. The number of nitrogens with two attached hydrogens (primary N) is 1. The highest BCUT2D eigenvalue weighted by atomic mass is 16.3. The number of nitrogens with zero attached hydrogens (tertiary/aromatic N) is 2. The Bertz CT molecular complexity index is 291. The van der Waals surface area contributed by atoms with Crippen LogP contribution < -0.4 is 5.73 Å². The summed E-state index contributed by atoms with van der Waals surface area (Å²) in [6.07, 6.45) is 4.86. The molecule has 1 aliphatic rings. The molecule has 3 N–H and O–H groups in total. The van der Waals surface area contributed by atoms with E-state index >= 15 is 0 Å². The van der Waals surface area contributed by atoms with Crippen LogP contribution in [0.3, 0.4) is 0 Å². The molecule has 1 fully saturated rings. The SMILES string of the molecule is NC1(Cc2ccnn2CCO)CC1. The fraction of sp³-hybridized carbons (Fsp3) is 0.667. The van der Waals surface area contributed by atoms with E-state index in [9.17, 15) is 0 Å². The molecule has 0 radical (unpaired) electrons. The number of aromatic nitrogens is 2. The molecule has 0 amide bonds. The standard InChI is InChI=1S/C9H15N3O/c10-9(2-3-9)7-8-1-4-11-12(8)5-6-13/h1,4,13H,2-3,5-7,10H2. The maximum atomic E-state index is 8.78. The Kier molecular flexibility index (Phi) is 2.09. The van der Waals surface area contributed by atoms with Gasteiger partial charge in [0.1, 0.15) is 0 Å². The van der Waals surface area contributed by atoms with E-state index < -0.39 is 0 Å². The van der Waals surface area contributed by atoms with Gasteiger partial charge in [-0.15, -0.1) is 0 Å². The first-order valence-electron chi connectivity index (χ1n) is 4.64. The zero-order chi connectivity index (χ0) is 9.31. The summed E-state index contributed by atoms with van der Waals surface area (Å²) < 4.78 is 1.83. The average Bonchev–Trinajstić information content (AvgIpc) is 2.65. The highest BCUT2D eigenvalue weighted by Crippen LogP contribution is 2.35. The fourth-order valence-electron chi connectivity index (χ4n) is 1.50. The van der Waals surface area contributed by atoms with Gasteiger partial charge in [-0.05, 0) is 18.9 Å². The summed E-state index contributed by atoms with van der Waals surface area (Å²) in [7, 11) is 0. The maximum Gasteiger partial charge on any atom is 0.0643 e. The van der Waals surface area contributed by atoms with E-state index in [0.717, 1.165) is 25.0 Å². The number of aliphatic hydroxyl groups is 1. The van der Waals surface area contributed by atoms with Crippen molar-refractivity contribution in [3.63, 3.8) is 0 Å². The molecule has 0 atom stereocenters. The molecule has 0 bridgehead atoms. The summed E-state index contributed by atoms with van der Waals surface area (Å²) >= 11 is 0. The van der Waals surface area contributed by atoms with Crippen LogP contribution in [0.2, 0.25) is 0 Å². The Hall–Kier alpha value is -0.870. The molecule has 0 unspecified atom stereocenters. The number of rotatable bonds is 4. The second kappa shape index (κ2) is 3.12. The summed E-state index contributed by atoms with van der Waals surface area (Å²) in [6.45, 7) is 0.699. The van der Waals surface area contributed by atoms with Gasteiger partial charge in [0, 0.05) is 23.9 Å². The predicted octanol–water partition coefficient (Wildman–Crippen LogP) is -0.0908. The Labute approximate surface area is 77.4 Å². The summed E-state index contributed by atoms with van der Waals surface area (Å²) in [4.78, 5) is 0. The monoisotopic (exact) mass is 181 g/mol. The Balaban J connectivity index is 2.06. The van der Waals surface area contributed by atoms with Crippen molar-refractivity contribution in [2.75, 3.05) is 6.61 Å². The zero-order valence-electron chi connectivity index (χ0n) is 7.61. The van der Waals surface area contributed by atoms with Crippen LogP contribution >= 0.6 is 0 Å². The van der Waals surface area contributed by atoms with E-state index in [2.05, 4.69) is 5.10 Å². The summed E-state index contributed by atoms with van der Waals surface area (Å²) in [5, 5.41) is 12.9. The van der Waals surface area contributed by atoms with Crippen LogP contribution in [-0.2, 0) is 13.0 Å². The summed E-state index contributed by atoms with van der Waals surface area (Å²) in [5.41, 5.74) is 7.15. The van der Waals surface area contributed by atoms with Gasteiger partial charge in [0.25, 0.3) is 0 Å². The van der Waals surface area contributed by atoms with Crippen molar-refractivity contribution < 1.29 is 5.11 Å². The van der Waals surface area contributed by atoms with Gasteiger partial charge in [0.05, 0.1) is 13.2 Å². The molecule has 1 aromatic rings. The largest absolute Gasteiger partial charge is 0.394 e. The minimum atomic E-state index is 0.0211. The van der Waals surface area contributed by atoms with E-state index in [0.29, 0.717) is 6.54 Å². The molecular formula is C9H15N3O. The van der Waals surface area contributed by atoms with E-state index in [1.807, 2.05) is 10.7 Å². The van der Waals surface area contributed by atoms with Crippen LogP contribution in [0.25, 0.3) is 0 Å². The van der Waals surface area contributed by atoms with Gasteiger partial charge < -0.3 is 10.8 Å². The Morgan fingerprint density at radius 3 is 3.00 bits per heavy atom. The molecule has 1 saturated carbocycles. The Morgan fingerprint density at radius 2 is 2.38 bits per heavy atom. The van der Waals surface area contributed by atoms with Crippen LogP contribution in [-0.4, -0.2) is 27.0 Å². The van der Waals surface area contributed by atoms with Crippen molar-refractivity contribution in [1.82, 2.24) is 9.78 Å². The van der Waals surface area contributed by atoms with E-state index in [4.69, 9.17) is 10.8 Å². The zero-order valence-corrected chi connectivity index (χ0v) is 7.61. The highest BCUT2D eigenvalue weighted by molar-refractivity contribution is 5.12. The van der Waals surface area contributed by atoms with Crippen LogP contribution in [0.4, 0.5) is 0 Å². The first-order chi connectivity index (χ1) is 6.23. The van der Waals surface area contributed by atoms with Crippen LogP contribution in [0.5, 0.6) is 0 Å². The highest BCUT2D eigenvalue weighted by Gasteiger charge is 2.38. The normalized spacial score (nSPS) is 18.9. The van der Waals surface area contributed by atoms with Gasteiger partial charge in [-0.2, -0.15) is 5.10 Å². The third-order valence-electron chi connectivity index (χ3n) is 2.54.